The molecule has 0 atom stereocenters. The van der Waals surface area contributed by atoms with Crippen molar-refractivity contribution in [2.75, 3.05) is 0 Å². The van der Waals surface area contributed by atoms with E-state index in [0.717, 1.165) is 12.1 Å². The molecular weight excluding hydrogens is 387 g/mol. The van der Waals surface area contributed by atoms with Gasteiger partial charge in [-0.25, -0.2) is 0 Å². The van der Waals surface area contributed by atoms with Gasteiger partial charge in [0.2, 0.25) is 0 Å². The second kappa shape index (κ2) is 16.2. The van der Waals surface area contributed by atoms with E-state index >= 15 is 0 Å². The van der Waals surface area contributed by atoms with E-state index in [9.17, 15) is 0 Å². The van der Waals surface area contributed by atoms with Crippen LogP contribution in [-0.2, 0) is 7.67 Å². The molecule has 25 heavy (non-hydrogen) atoms. The van der Waals surface area contributed by atoms with Crippen molar-refractivity contribution < 1.29 is 27.5 Å². The first-order valence-electron chi connectivity index (χ1n) is 10.1. The van der Waals surface area contributed by atoms with Crippen LogP contribution in [0, 0.1) is 0 Å². The second-order valence-corrected chi connectivity index (χ2v) is 9.25. The quantitative estimate of drug-likeness (QED) is 0.543. The van der Waals surface area contributed by atoms with Gasteiger partial charge in [0.25, 0.3) is 0 Å². The normalized spacial score (nSPS) is 22.2. The molecule has 0 aromatic carbocycles. The van der Waals surface area contributed by atoms with Crippen LogP contribution in [0.5, 0.6) is 0 Å². The summed E-state index contributed by atoms with van der Waals surface area (Å²) < 4.78 is 34.4. The maximum atomic E-state index is 8.59. The van der Waals surface area contributed by atoms with E-state index in [1.165, 1.54) is 103 Å². The van der Waals surface area contributed by atoms with Crippen LogP contribution in [0.25, 0.3) is 0 Å². The first-order valence-corrected chi connectivity index (χ1v) is 12.9. The fraction of sp³-hybridized carbons (Fsp3) is 1.00. The monoisotopic (exact) mass is 428 g/mol. The van der Waals surface area contributed by atoms with Gasteiger partial charge in [-0.15, -0.1) is 0 Å². The van der Waals surface area contributed by atoms with Crippen LogP contribution in [-0.4, -0.2) is 25.5 Å². The van der Waals surface area contributed by atoms with E-state index in [4.69, 9.17) is 16.0 Å². The summed E-state index contributed by atoms with van der Waals surface area (Å²) in [5, 5.41) is 0. The Morgan fingerprint density at radius 1 is 0.520 bits per heavy atom. The molecule has 0 unspecified atom stereocenters. The molecule has 0 aromatic heterocycles. The Labute approximate surface area is 156 Å². The maximum absolute atomic E-state index is 8.59. The van der Waals surface area contributed by atoms with Crippen molar-refractivity contribution in [3.8, 4) is 0 Å². The molecule has 2 aliphatic rings. The summed E-state index contributed by atoms with van der Waals surface area (Å²) in [7, 11) is 0. The average Bonchev–Trinajstić information content (AvgIpc) is 2.70. The van der Waals surface area contributed by atoms with Crippen molar-refractivity contribution in [2.45, 2.75) is 115 Å². The van der Waals surface area contributed by atoms with E-state index in [1.807, 2.05) is 0 Å². The summed E-state index contributed by atoms with van der Waals surface area (Å²) in [6.45, 7) is 0. The molecule has 152 valence electrons. The third-order valence-electron chi connectivity index (χ3n) is 4.95. The van der Waals surface area contributed by atoms with Gasteiger partial charge in [-0.2, -0.15) is 0 Å². The van der Waals surface area contributed by atoms with Crippen molar-refractivity contribution in [1.82, 2.24) is 0 Å². The number of quaternary nitrogens is 2. The molecule has 2 saturated carbocycles. The van der Waals surface area contributed by atoms with Crippen LogP contribution in [0.4, 0.5) is 0 Å². The van der Waals surface area contributed by atoms with E-state index < -0.39 is 13.4 Å². The minimum Gasteiger partial charge on any atom is -0.355 e. The predicted octanol–water partition coefficient (Wildman–Crippen LogP) is 0.466. The minimum atomic E-state index is -5.75. The Balaban J connectivity index is 0.000000368. The van der Waals surface area contributed by atoms with Gasteiger partial charge < -0.3 is 11.5 Å². The molecule has 0 saturated heterocycles. The molecule has 0 aliphatic heterocycles. The van der Waals surface area contributed by atoms with Gasteiger partial charge in [0, 0.05) is 0 Å². The first-order chi connectivity index (χ1) is 11.8. The van der Waals surface area contributed by atoms with Crippen molar-refractivity contribution >= 4 is 13.4 Å². The average molecular weight is 427 g/mol. The molecule has 0 amide bonds. The Kier molecular flexibility index (Phi) is 16.1. The van der Waals surface area contributed by atoms with Gasteiger partial charge in [0.15, 0.2) is 0 Å². The topological polar surface area (TPSA) is 136 Å². The molecule has 6 nitrogen and oxygen atoms in total. The maximum Gasteiger partial charge on any atom is 0.0843 e. The zero-order valence-corrected chi connectivity index (χ0v) is 17.6. The fourth-order valence-electron chi connectivity index (χ4n) is 3.43. The molecule has 0 heterocycles. The van der Waals surface area contributed by atoms with Crippen LogP contribution >= 0.6 is 0 Å². The van der Waals surface area contributed by atoms with Crippen LogP contribution in [0.2, 0.25) is 0 Å². The smallest absolute Gasteiger partial charge is 0.0843 e. The van der Waals surface area contributed by atoms with Gasteiger partial charge in [-0.05, 0) is 51.4 Å². The zero-order chi connectivity index (χ0) is 19.0. The summed E-state index contributed by atoms with van der Waals surface area (Å²) in [6.07, 6.45) is 22.9. The number of rotatable bonds is 0. The molecule has 2 aliphatic carbocycles. The number of hydrogen-bond donors (Lipinski definition) is 2. The van der Waals surface area contributed by atoms with Gasteiger partial charge in [-0.3, -0.25) is 0 Å². The summed E-state index contributed by atoms with van der Waals surface area (Å²) in [6, 6.07) is 1.52. The van der Waals surface area contributed by atoms with Crippen LogP contribution < -0.4 is 19.8 Å². The van der Waals surface area contributed by atoms with Crippen molar-refractivity contribution in [1.29, 1.82) is 0 Å². The van der Waals surface area contributed by atoms with Crippen LogP contribution in [0.3, 0.4) is 0 Å². The molecule has 2 fully saturated rings. The van der Waals surface area contributed by atoms with Crippen molar-refractivity contribution in [2.24, 2.45) is 0 Å². The Bertz CT molecular complexity index is 341. The predicted molar refractivity (Wildman–Crippen MR) is 94.4 cm³/mol. The first kappa shape index (κ1) is 25.0. The largest absolute Gasteiger partial charge is 0.355 e. The van der Waals surface area contributed by atoms with E-state index in [1.54, 1.807) is 0 Å². The zero-order valence-electron chi connectivity index (χ0n) is 15.9. The summed E-state index contributed by atoms with van der Waals surface area (Å²) in [4.78, 5) is 0. The van der Waals surface area contributed by atoms with Crippen LogP contribution in [0.15, 0.2) is 0 Å². The molecular formula is C18H40N2O4Se. The SMILES string of the molecule is O=[Se](=O)([O-])[O-].[NH3+]C1CCCCCCCC1.[NH3+]C1CCCCCCCC1. The second-order valence-electron chi connectivity index (χ2n) is 7.54. The Morgan fingerprint density at radius 2 is 0.680 bits per heavy atom. The van der Waals surface area contributed by atoms with Crippen molar-refractivity contribution in [3.63, 3.8) is 0 Å². The molecule has 0 spiro atoms. The Morgan fingerprint density at radius 3 is 0.880 bits per heavy atom. The molecule has 0 aromatic rings. The van der Waals surface area contributed by atoms with E-state index in [2.05, 4.69) is 11.5 Å². The van der Waals surface area contributed by atoms with E-state index in [-0.39, 0.29) is 0 Å². The van der Waals surface area contributed by atoms with Gasteiger partial charge in [0.05, 0.1) is 12.1 Å². The van der Waals surface area contributed by atoms with E-state index in [0.29, 0.717) is 0 Å². The summed E-state index contributed by atoms with van der Waals surface area (Å²) in [5.74, 6) is 0. The van der Waals surface area contributed by atoms with Gasteiger partial charge in [-0.1, -0.05) is 51.4 Å². The molecule has 7 heteroatoms. The third-order valence-corrected chi connectivity index (χ3v) is 4.95. The molecule has 6 N–H and O–H groups in total. The van der Waals surface area contributed by atoms with Gasteiger partial charge in [0.1, 0.15) is 0 Å². The Hall–Kier alpha value is -0.0405. The fourth-order valence-corrected chi connectivity index (χ4v) is 3.43. The molecule has 2 rings (SSSR count). The molecule has 0 bridgehead atoms. The van der Waals surface area contributed by atoms with Crippen molar-refractivity contribution in [3.05, 3.63) is 0 Å². The number of hydrogen-bond acceptors (Lipinski definition) is 4. The van der Waals surface area contributed by atoms with Crippen LogP contribution in [0.1, 0.15) is 103 Å². The molecule has 0 radical (unpaired) electrons. The third kappa shape index (κ3) is 24.0. The summed E-state index contributed by atoms with van der Waals surface area (Å²) in [5.41, 5.74) is 8.28. The summed E-state index contributed by atoms with van der Waals surface area (Å²) >= 11 is -5.75. The standard InChI is InChI=1S/2C9H19N.H2O4Se/c2*10-9-7-5-3-1-2-4-6-8-9;1-5(2,3)4/h2*9H,1-8,10H2;(H2,1,2,3,4). The minimum absolute atomic E-state index is 0.762. The van der Waals surface area contributed by atoms with Gasteiger partial charge >= 0.3 is 29.4 Å².